The summed E-state index contributed by atoms with van der Waals surface area (Å²) in [5, 5.41) is 2.96. The molecule has 0 saturated carbocycles. The Morgan fingerprint density at radius 1 is 0.929 bits per heavy atom. The molecule has 5 heteroatoms. The van der Waals surface area contributed by atoms with E-state index in [2.05, 4.69) is 24.1 Å². The number of carbonyl (C=O) groups excluding carboxylic acids is 2. The van der Waals surface area contributed by atoms with Crippen LogP contribution in [-0.2, 0) is 4.79 Å². The lowest BCUT2D eigenvalue weighted by atomic mass is 10.0. The number of rotatable bonds is 5. The van der Waals surface area contributed by atoms with Gasteiger partial charge in [-0.3, -0.25) is 9.59 Å². The van der Waals surface area contributed by atoms with Gasteiger partial charge in [0.2, 0.25) is 5.91 Å². The van der Waals surface area contributed by atoms with Crippen LogP contribution in [0.3, 0.4) is 0 Å². The molecular formula is C23H29N3O2. The molecule has 1 aliphatic rings. The Morgan fingerprint density at radius 3 is 2.07 bits per heavy atom. The second-order valence-electron chi connectivity index (χ2n) is 7.50. The SMILES string of the molecule is CCC(=O)N1CCN(c2ccc(NC(=O)c3ccc(C(C)C)cc3)cc2)CC1. The van der Waals surface area contributed by atoms with Crippen LogP contribution in [0, 0.1) is 0 Å². The maximum Gasteiger partial charge on any atom is 0.255 e. The van der Waals surface area contributed by atoms with Gasteiger partial charge < -0.3 is 15.1 Å². The summed E-state index contributed by atoms with van der Waals surface area (Å²) in [7, 11) is 0. The Bertz CT molecular complexity index is 805. The van der Waals surface area contributed by atoms with E-state index in [4.69, 9.17) is 0 Å². The molecule has 0 atom stereocenters. The second-order valence-corrected chi connectivity index (χ2v) is 7.50. The predicted molar refractivity (Wildman–Crippen MR) is 114 cm³/mol. The van der Waals surface area contributed by atoms with Gasteiger partial charge >= 0.3 is 0 Å². The summed E-state index contributed by atoms with van der Waals surface area (Å²) in [6, 6.07) is 15.7. The van der Waals surface area contributed by atoms with E-state index in [0.717, 1.165) is 37.6 Å². The summed E-state index contributed by atoms with van der Waals surface area (Å²) in [5.74, 6) is 0.570. The fourth-order valence-corrected chi connectivity index (χ4v) is 3.42. The van der Waals surface area contributed by atoms with Crippen LogP contribution in [0.15, 0.2) is 48.5 Å². The summed E-state index contributed by atoms with van der Waals surface area (Å²) in [5.41, 5.74) is 3.77. The van der Waals surface area contributed by atoms with E-state index in [1.807, 2.05) is 60.4 Å². The third-order valence-corrected chi connectivity index (χ3v) is 5.26. The van der Waals surface area contributed by atoms with Crippen LogP contribution in [0.1, 0.15) is 49.0 Å². The van der Waals surface area contributed by atoms with Gasteiger partial charge in [0.05, 0.1) is 0 Å². The molecule has 0 radical (unpaired) electrons. The Kier molecular flexibility index (Phi) is 6.34. The van der Waals surface area contributed by atoms with Gasteiger partial charge in [-0.1, -0.05) is 32.9 Å². The number of hydrogen-bond acceptors (Lipinski definition) is 3. The zero-order chi connectivity index (χ0) is 20.1. The van der Waals surface area contributed by atoms with Crippen LogP contribution >= 0.6 is 0 Å². The van der Waals surface area contributed by atoms with Crippen LogP contribution in [-0.4, -0.2) is 42.9 Å². The molecule has 1 N–H and O–H groups in total. The van der Waals surface area contributed by atoms with Crippen molar-refractivity contribution in [3.05, 3.63) is 59.7 Å². The van der Waals surface area contributed by atoms with Gasteiger partial charge in [0, 0.05) is 49.5 Å². The Balaban J connectivity index is 1.57. The number of benzene rings is 2. The molecule has 28 heavy (non-hydrogen) atoms. The van der Waals surface area contributed by atoms with E-state index in [0.29, 0.717) is 17.9 Å². The van der Waals surface area contributed by atoms with Crippen LogP contribution in [0.5, 0.6) is 0 Å². The van der Waals surface area contributed by atoms with Crippen molar-refractivity contribution in [2.75, 3.05) is 36.4 Å². The van der Waals surface area contributed by atoms with E-state index in [1.165, 1.54) is 5.56 Å². The van der Waals surface area contributed by atoms with Crippen molar-refractivity contribution in [3.8, 4) is 0 Å². The second kappa shape index (κ2) is 8.91. The fraction of sp³-hybridized carbons (Fsp3) is 0.391. The van der Waals surface area contributed by atoms with Crippen molar-refractivity contribution in [2.45, 2.75) is 33.1 Å². The lowest BCUT2D eigenvalue weighted by molar-refractivity contribution is -0.131. The molecule has 1 aliphatic heterocycles. The minimum atomic E-state index is -0.102. The standard InChI is InChI=1S/C23H29N3O2/c1-4-22(27)26-15-13-25(14-16-26)21-11-9-20(10-12-21)24-23(28)19-7-5-18(6-8-19)17(2)3/h5-12,17H,4,13-16H2,1-3H3,(H,24,28). The summed E-state index contributed by atoms with van der Waals surface area (Å²) in [4.78, 5) is 28.4. The molecule has 2 aromatic carbocycles. The molecule has 0 bridgehead atoms. The number of carbonyl (C=O) groups is 2. The van der Waals surface area contributed by atoms with Crippen molar-refractivity contribution in [2.24, 2.45) is 0 Å². The number of amides is 2. The van der Waals surface area contributed by atoms with Crippen LogP contribution in [0.25, 0.3) is 0 Å². The van der Waals surface area contributed by atoms with Crippen molar-refractivity contribution in [1.82, 2.24) is 4.90 Å². The van der Waals surface area contributed by atoms with Crippen LogP contribution in [0.4, 0.5) is 11.4 Å². The highest BCUT2D eigenvalue weighted by atomic mass is 16.2. The first-order chi connectivity index (χ1) is 13.5. The first-order valence-corrected chi connectivity index (χ1v) is 10.0. The monoisotopic (exact) mass is 379 g/mol. The van der Waals surface area contributed by atoms with Gasteiger partial charge in [0.15, 0.2) is 0 Å². The minimum Gasteiger partial charge on any atom is -0.368 e. The van der Waals surface area contributed by atoms with Gasteiger partial charge in [0.1, 0.15) is 0 Å². The lowest BCUT2D eigenvalue weighted by Crippen LogP contribution is -2.48. The summed E-state index contributed by atoms with van der Waals surface area (Å²) in [6.07, 6.45) is 0.564. The van der Waals surface area contributed by atoms with Gasteiger partial charge in [-0.2, -0.15) is 0 Å². The van der Waals surface area contributed by atoms with Gasteiger partial charge in [-0.15, -0.1) is 0 Å². The van der Waals surface area contributed by atoms with E-state index in [9.17, 15) is 9.59 Å². The molecule has 1 saturated heterocycles. The number of anilines is 2. The fourth-order valence-electron chi connectivity index (χ4n) is 3.42. The molecular weight excluding hydrogens is 350 g/mol. The average Bonchev–Trinajstić information content (AvgIpc) is 2.74. The third-order valence-electron chi connectivity index (χ3n) is 5.26. The molecule has 3 rings (SSSR count). The van der Waals surface area contributed by atoms with E-state index in [1.54, 1.807) is 0 Å². The molecule has 0 aromatic heterocycles. The van der Waals surface area contributed by atoms with Crippen molar-refractivity contribution >= 4 is 23.2 Å². The van der Waals surface area contributed by atoms with Crippen molar-refractivity contribution < 1.29 is 9.59 Å². The molecule has 2 amide bonds. The van der Waals surface area contributed by atoms with Crippen molar-refractivity contribution in [1.29, 1.82) is 0 Å². The lowest BCUT2D eigenvalue weighted by Gasteiger charge is -2.36. The molecule has 2 aromatic rings. The van der Waals surface area contributed by atoms with Crippen molar-refractivity contribution in [3.63, 3.8) is 0 Å². The molecule has 1 heterocycles. The van der Waals surface area contributed by atoms with E-state index >= 15 is 0 Å². The Labute approximate surface area is 167 Å². The third kappa shape index (κ3) is 4.71. The van der Waals surface area contributed by atoms with Gasteiger partial charge in [0.25, 0.3) is 5.91 Å². The van der Waals surface area contributed by atoms with E-state index in [-0.39, 0.29) is 11.8 Å². The van der Waals surface area contributed by atoms with Gasteiger partial charge in [-0.05, 0) is 47.9 Å². The highest BCUT2D eigenvalue weighted by Gasteiger charge is 2.20. The summed E-state index contributed by atoms with van der Waals surface area (Å²) < 4.78 is 0. The maximum atomic E-state index is 12.5. The molecule has 0 unspecified atom stereocenters. The first-order valence-electron chi connectivity index (χ1n) is 10.0. The number of piperazine rings is 1. The van der Waals surface area contributed by atoms with Crippen LogP contribution in [0.2, 0.25) is 0 Å². The Hall–Kier alpha value is -2.82. The van der Waals surface area contributed by atoms with Crippen LogP contribution < -0.4 is 10.2 Å². The smallest absolute Gasteiger partial charge is 0.255 e. The molecule has 0 aliphatic carbocycles. The van der Waals surface area contributed by atoms with Gasteiger partial charge in [-0.25, -0.2) is 0 Å². The average molecular weight is 380 g/mol. The highest BCUT2D eigenvalue weighted by Crippen LogP contribution is 2.21. The largest absolute Gasteiger partial charge is 0.368 e. The first kappa shape index (κ1) is 19.9. The Morgan fingerprint density at radius 2 is 1.54 bits per heavy atom. The zero-order valence-corrected chi connectivity index (χ0v) is 16.9. The molecule has 0 spiro atoms. The summed E-state index contributed by atoms with van der Waals surface area (Å²) >= 11 is 0. The normalized spacial score (nSPS) is 14.3. The maximum absolute atomic E-state index is 12.5. The summed E-state index contributed by atoms with van der Waals surface area (Å²) in [6.45, 7) is 9.37. The van der Waals surface area contributed by atoms with E-state index < -0.39 is 0 Å². The quantitative estimate of drug-likeness (QED) is 0.850. The minimum absolute atomic E-state index is 0.102. The number of nitrogens with zero attached hydrogens (tertiary/aromatic N) is 2. The zero-order valence-electron chi connectivity index (χ0n) is 16.9. The number of hydrogen-bond donors (Lipinski definition) is 1. The molecule has 5 nitrogen and oxygen atoms in total. The molecule has 148 valence electrons. The number of nitrogens with one attached hydrogen (secondary N) is 1. The highest BCUT2D eigenvalue weighted by molar-refractivity contribution is 6.04. The molecule has 1 fully saturated rings. The topological polar surface area (TPSA) is 52.7 Å². The predicted octanol–water partition coefficient (Wildman–Crippen LogP) is 4.12.